The lowest BCUT2D eigenvalue weighted by molar-refractivity contribution is -0.137. The van der Waals surface area contributed by atoms with Crippen molar-refractivity contribution in [1.29, 1.82) is 0 Å². The lowest BCUT2D eigenvalue weighted by atomic mass is 9.96. The molecule has 3 rings (SSSR count). The van der Waals surface area contributed by atoms with Gasteiger partial charge in [-0.1, -0.05) is 35.3 Å². The van der Waals surface area contributed by atoms with Crippen molar-refractivity contribution in [2.24, 2.45) is 5.92 Å². The van der Waals surface area contributed by atoms with Gasteiger partial charge < -0.3 is 5.32 Å². The van der Waals surface area contributed by atoms with Crippen LogP contribution in [0.4, 0.5) is 18.9 Å². The van der Waals surface area contributed by atoms with Gasteiger partial charge in [-0.3, -0.25) is 9.69 Å². The fourth-order valence-electron chi connectivity index (χ4n) is 3.32. The minimum Gasteiger partial charge on any atom is -0.326 e. The van der Waals surface area contributed by atoms with Gasteiger partial charge >= 0.3 is 6.18 Å². The Morgan fingerprint density at radius 2 is 1.96 bits per heavy atom. The molecule has 0 spiro atoms. The van der Waals surface area contributed by atoms with Crippen LogP contribution in [-0.4, -0.2) is 23.9 Å². The van der Waals surface area contributed by atoms with Gasteiger partial charge in [0.05, 0.1) is 11.5 Å². The first-order valence-electron chi connectivity index (χ1n) is 8.87. The molecule has 2 aromatic carbocycles. The van der Waals surface area contributed by atoms with Crippen molar-refractivity contribution in [1.82, 2.24) is 4.90 Å². The predicted molar refractivity (Wildman–Crippen MR) is 105 cm³/mol. The van der Waals surface area contributed by atoms with E-state index in [0.717, 1.165) is 30.7 Å². The Bertz CT molecular complexity index is 858. The van der Waals surface area contributed by atoms with E-state index in [2.05, 4.69) is 10.2 Å². The Balaban J connectivity index is 1.63. The summed E-state index contributed by atoms with van der Waals surface area (Å²) in [7, 11) is 0. The second kappa shape index (κ2) is 8.72. The van der Waals surface area contributed by atoms with Gasteiger partial charge in [0.25, 0.3) is 0 Å². The Labute approximate surface area is 171 Å². The van der Waals surface area contributed by atoms with E-state index in [0.29, 0.717) is 29.6 Å². The summed E-state index contributed by atoms with van der Waals surface area (Å²) < 4.78 is 38.5. The third-order valence-corrected chi connectivity index (χ3v) is 5.33. The second-order valence-electron chi connectivity index (χ2n) is 6.88. The molecule has 2 aromatic rings. The van der Waals surface area contributed by atoms with Gasteiger partial charge in [0.15, 0.2) is 0 Å². The van der Waals surface area contributed by atoms with E-state index in [1.165, 1.54) is 12.1 Å². The molecule has 0 aromatic heterocycles. The standard InChI is InChI=1S/C20H19Cl2F3N2O/c21-16-7-6-13(18(22)10-16)11-27-8-2-3-14(12-27)19(28)26-17-5-1-4-15(9-17)20(23,24)25/h1,4-7,9-10,14H,2-3,8,11-12H2,(H,26,28). The molecule has 1 aliphatic heterocycles. The molecule has 1 aliphatic rings. The summed E-state index contributed by atoms with van der Waals surface area (Å²) in [6.07, 6.45) is -2.93. The smallest absolute Gasteiger partial charge is 0.326 e. The van der Waals surface area contributed by atoms with Crippen LogP contribution in [0.3, 0.4) is 0 Å². The van der Waals surface area contributed by atoms with Crippen molar-refractivity contribution in [3.8, 4) is 0 Å². The third-order valence-electron chi connectivity index (χ3n) is 4.74. The first-order chi connectivity index (χ1) is 13.2. The van der Waals surface area contributed by atoms with Gasteiger partial charge in [-0.05, 0) is 55.3 Å². The summed E-state index contributed by atoms with van der Waals surface area (Å²) in [5.41, 5.74) is 0.288. The number of nitrogens with one attached hydrogen (secondary N) is 1. The SMILES string of the molecule is O=C(Nc1cccc(C(F)(F)F)c1)C1CCCN(Cc2ccc(Cl)cc2Cl)C1. The zero-order valence-corrected chi connectivity index (χ0v) is 16.4. The molecule has 1 unspecified atom stereocenters. The third kappa shape index (κ3) is 5.40. The maximum atomic E-state index is 12.8. The summed E-state index contributed by atoms with van der Waals surface area (Å²) in [5, 5.41) is 3.75. The molecule has 1 fully saturated rings. The van der Waals surface area contributed by atoms with E-state index in [-0.39, 0.29) is 17.5 Å². The van der Waals surface area contributed by atoms with E-state index in [4.69, 9.17) is 23.2 Å². The van der Waals surface area contributed by atoms with Crippen molar-refractivity contribution in [3.63, 3.8) is 0 Å². The Kier molecular flexibility index (Phi) is 6.53. The number of hydrogen-bond donors (Lipinski definition) is 1. The zero-order chi connectivity index (χ0) is 20.3. The highest BCUT2D eigenvalue weighted by Crippen LogP contribution is 2.31. The number of nitrogens with zero attached hydrogens (tertiary/aromatic N) is 1. The first-order valence-corrected chi connectivity index (χ1v) is 9.62. The molecule has 0 bridgehead atoms. The van der Waals surface area contributed by atoms with Gasteiger partial charge in [-0.25, -0.2) is 0 Å². The first kappa shape index (κ1) is 21.0. The lowest BCUT2D eigenvalue weighted by Crippen LogP contribution is -2.40. The maximum absolute atomic E-state index is 12.8. The van der Waals surface area contributed by atoms with Gasteiger partial charge in [-0.15, -0.1) is 0 Å². The number of likely N-dealkylation sites (tertiary alicyclic amines) is 1. The van der Waals surface area contributed by atoms with Crippen molar-refractivity contribution in [3.05, 3.63) is 63.6 Å². The summed E-state index contributed by atoms with van der Waals surface area (Å²) in [6, 6.07) is 9.98. The van der Waals surface area contributed by atoms with Crippen LogP contribution in [0.15, 0.2) is 42.5 Å². The minimum atomic E-state index is -4.44. The fraction of sp³-hybridized carbons (Fsp3) is 0.350. The second-order valence-corrected chi connectivity index (χ2v) is 7.72. The maximum Gasteiger partial charge on any atom is 0.416 e. The highest BCUT2D eigenvalue weighted by atomic mass is 35.5. The average Bonchev–Trinajstić information content (AvgIpc) is 2.64. The highest BCUT2D eigenvalue weighted by molar-refractivity contribution is 6.35. The lowest BCUT2D eigenvalue weighted by Gasteiger charge is -2.32. The highest BCUT2D eigenvalue weighted by Gasteiger charge is 2.31. The number of carbonyl (C=O) groups excluding carboxylic acids is 1. The monoisotopic (exact) mass is 430 g/mol. The molecule has 1 amide bonds. The van der Waals surface area contributed by atoms with Crippen LogP contribution in [0, 0.1) is 5.92 Å². The van der Waals surface area contributed by atoms with E-state index < -0.39 is 11.7 Å². The largest absolute Gasteiger partial charge is 0.416 e. The summed E-state index contributed by atoms with van der Waals surface area (Å²) >= 11 is 12.1. The summed E-state index contributed by atoms with van der Waals surface area (Å²) in [4.78, 5) is 14.7. The van der Waals surface area contributed by atoms with Gasteiger partial charge in [0.1, 0.15) is 0 Å². The molecule has 1 atom stereocenters. The Morgan fingerprint density at radius 1 is 1.18 bits per heavy atom. The number of benzene rings is 2. The van der Waals surface area contributed by atoms with Crippen LogP contribution < -0.4 is 5.32 Å². The molecule has 0 saturated carbocycles. The predicted octanol–water partition coefficient (Wildman–Crippen LogP) is 5.86. The molecular weight excluding hydrogens is 412 g/mol. The molecular formula is C20H19Cl2F3N2O. The molecule has 0 radical (unpaired) electrons. The van der Waals surface area contributed by atoms with E-state index in [1.807, 2.05) is 6.07 Å². The molecule has 1 heterocycles. The fourth-order valence-corrected chi connectivity index (χ4v) is 3.79. The van der Waals surface area contributed by atoms with Crippen molar-refractivity contribution < 1.29 is 18.0 Å². The average molecular weight is 431 g/mol. The zero-order valence-electron chi connectivity index (χ0n) is 14.9. The number of rotatable bonds is 4. The normalized spacial score (nSPS) is 18.1. The van der Waals surface area contributed by atoms with Crippen molar-refractivity contribution in [2.75, 3.05) is 18.4 Å². The van der Waals surface area contributed by atoms with E-state index >= 15 is 0 Å². The van der Waals surface area contributed by atoms with Crippen LogP contribution in [0.25, 0.3) is 0 Å². The molecule has 3 nitrogen and oxygen atoms in total. The van der Waals surface area contributed by atoms with Crippen LogP contribution >= 0.6 is 23.2 Å². The molecule has 150 valence electrons. The van der Waals surface area contributed by atoms with Crippen LogP contribution in [0.1, 0.15) is 24.0 Å². The number of carbonyl (C=O) groups is 1. The molecule has 0 aliphatic carbocycles. The number of alkyl halides is 3. The molecule has 1 N–H and O–H groups in total. The van der Waals surface area contributed by atoms with Crippen LogP contribution in [0.5, 0.6) is 0 Å². The van der Waals surface area contributed by atoms with Gasteiger partial charge in [0.2, 0.25) is 5.91 Å². The molecule has 28 heavy (non-hydrogen) atoms. The van der Waals surface area contributed by atoms with Gasteiger partial charge in [-0.2, -0.15) is 13.2 Å². The van der Waals surface area contributed by atoms with Crippen LogP contribution in [0.2, 0.25) is 10.0 Å². The number of anilines is 1. The van der Waals surface area contributed by atoms with Crippen LogP contribution in [-0.2, 0) is 17.5 Å². The van der Waals surface area contributed by atoms with E-state index in [9.17, 15) is 18.0 Å². The molecule has 8 heteroatoms. The quantitative estimate of drug-likeness (QED) is 0.658. The Morgan fingerprint density at radius 3 is 2.68 bits per heavy atom. The minimum absolute atomic E-state index is 0.151. The number of halogens is 5. The van der Waals surface area contributed by atoms with Crippen molar-refractivity contribution in [2.45, 2.75) is 25.6 Å². The summed E-state index contributed by atoms with van der Waals surface area (Å²) in [6.45, 7) is 1.93. The van der Waals surface area contributed by atoms with E-state index in [1.54, 1.807) is 12.1 Å². The molecule has 1 saturated heterocycles. The number of piperidine rings is 1. The van der Waals surface area contributed by atoms with Crippen molar-refractivity contribution >= 4 is 34.8 Å². The topological polar surface area (TPSA) is 32.3 Å². The van der Waals surface area contributed by atoms with Gasteiger partial charge in [0, 0.05) is 28.8 Å². The summed E-state index contributed by atoms with van der Waals surface area (Å²) in [5.74, 6) is -0.569. The Hall–Kier alpha value is -1.76. The number of amides is 1. The number of hydrogen-bond acceptors (Lipinski definition) is 2.